The summed E-state index contributed by atoms with van der Waals surface area (Å²) in [7, 11) is 0. The molecular formula is C77H134O6. The molecule has 0 aliphatic heterocycles. The number of carbonyl (C=O) groups is 3. The minimum Gasteiger partial charge on any atom is -0.462 e. The second kappa shape index (κ2) is 70.8. The van der Waals surface area contributed by atoms with Gasteiger partial charge < -0.3 is 14.2 Å². The Labute approximate surface area is 515 Å². The second-order valence-corrected chi connectivity index (χ2v) is 23.8. The lowest BCUT2D eigenvalue weighted by Gasteiger charge is -2.18. The molecule has 0 fully saturated rings. The molecule has 1 unspecified atom stereocenters. The Bertz CT molecular complexity index is 1610. The zero-order valence-electron chi connectivity index (χ0n) is 54.9. The van der Waals surface area contributed by atoms with Crippen LogP contribution in [-0.2, 0) is 28.6 Å². The highest BCUT2D eigenvalue weighted by Crippen LogP contribution is 2.18. The summed E-state index contributed by atoms with van der Waals surface area (Å²) < 4.78 is 17.0. The first-order valence-electron chi connectivity index (χ1n) is 35.7. The van der Waals surface area contributed by atoms with E-state index in [1.807, 2.05) is 0 Å². The third kappa shape index (κ3) is 69.0. The summed E-state index contributed by atoms with van der Waals surface area (Å²) in [6, 6.07) is 0. The molecule has 0 aromatic heterocycles. The third-order valence-electron chi connectivity index (χ3n) is 15.6. The summed E-state index contributed by atoms with van der Waals surface area (Å²) in [5, 5.41) is 0. The molecule has 0 aliphatic carbocycles. The van der Waals surface area contributed by atoms with E-state index in [4.69, 9.17) is 14.2 Å². The highest BCUT2D eigenvalue weighted by molar-refractivity contribution is 5.71. The van der Waals surface area contributed by atoms with E-state index >= 15 is 0 Å². The lowest BCUT2D eigenvalue weighted by atomic mass is 10.0. The van der Waals surface area contributed by atoms with E-state index in [-0.39, 0.29) is 31.1 Å². The van der Waals surface area contributed by atoms with Crippen LogP contribution in [0.5, 0.6) is 0 Å². The number of hydrogen-bond donors (Lipinski definition) is 0. The molecule has 0 aliphatic rings. The van der Waals surface area contributed by atoms with Crippen molar-refractivity contribution in [3.63, 3.8) is 0 Å². The number of carbonyl (C=O) groups excluding carboxylic acids is 3. The summed E-state index contributed by atoms with van der Waals surface area (Å²) >= 11 is 0. The van der Waals surface area contributed by atoms with E-state index in [1.54, 1.807) is 0 Å². The summed E-state index contributed by atoms with van der Waals surface area (Å²) in [5.74, 6) is -0.862. The van der Waals surface area contributed by atoms with Gasteiger partial charge in [0.25, 0.3) is 0 Å². The Morgan fingerprint density at radius 3 is 0.735 bits per heavy atom. The fourth-order valence-corrected chi connectivity index (χ4v) is 10.3. The maximum Gasteiger partial charge on any atom is 0.306 e. The van der Waals surface area contributed by atoms with Crippen molar-refractivity contribution in [3.8, 4) is 0 Å². The van der Waals surface area contributed by atoms with Gasteiger partial charge in [-0.3, -0.25) is 14.4 Å². The Kier molecular flexibility index (Phi) is 67.7. The normalized spacial score (nSPS) is 12.7. The van der Waals surface area contributed by atoms with Crippen molar-refractivity contribution in [2.75, 3.05) is 13.2 Å². The van der Waals surface area contributed by atoms with Crippen LogP contribution < -0.4 is 0 Å². The van der Waals surface area contributed by atoms with Gasteiger partial charge in [0.05, 0.1) is 0 Å². The topological polar surface area (TPSA) is 78.9 Å². The average molecular weight is 1160 g/mol. The molecule has 6 heteroatoms. The van der Waals surface area contributed by atoms with Crippen molar-refractivity contribution >= 4 is 17.9 Å². The molecule has 1 atom stereocenters. The molecule has 478 valence electrons. The van der Waals surface area contributed by atoms with E-state index in [0.717, 1.165) is 116 Å². The van der Waals surface area contributed by atoms with Gasteiger partial charge in [0.15, 0.2) is 6.10 Å². The molecule has 0 saturated heterocycles. The lowest BCUT2D eigenvalue weighted by molar-refractivity contribution is -0.167. The molecule has 0 spiro atoms. The SMILES string of the molecule is CC/C=C\C/C=C\C/C=C\C/C=C\C/C=C\C/C=C\C/C=C\C/C=C\CCCCCCCCCCC(=O)OCC(COC(=O)CCCCCCCCCCCCCCC)OC(=O)CCCCCCCCCCCCCCCCCCCCC. The average Bonchev–Trinajstić information content (AvgIpc) is 3.49. The first kappa shape index (κ1) is 79.3. The van der Waals surface area contributed by atoms with Crippen molar-refractivity contribution in [1.82, 2.24) is 0 Å². The molecule has 0 heterocycles. The largest absolute Gasteiger partial charge is 0.462 e. The molecular weight excluding hydrogens is 1020 g/mol. The number of rotatable bonds is 65. The predicted molar refractivity (Wildman–Crippen MR) is 362 cm³/mol. The molecule has 0 amide bonds. The van der Waals surface area contributed by atoms with Gasteiger partial charge in [-0.2, -0.15) is 0 Å². The quantitative estimate of drug-likeness (QED) is 0.0261. The molecule has 0 aromatic carbocycles. The molecule has 0 bridgehead atoms. The first-order valence-corrected chi connectivity index (χ1v) is 35.7. The van der Waals surface area contributed by atoms with Crippen LogP contribution in [-0.4, -0.2) is 37.2 Å². The van der Waals surface area contributed by atoms with Crippen molar-refractivity contribution < 1.29 is 28.6 Å². The summed E-state index contributed by atoms with van der Waals surface area (Å²) in [4.78, 5) is 38.4. The van der Waals surface area contributed by atoms with Crippen LogP contribution in [0, 0.1) is 0 Å². The number of allylic oxidation sites excluding steroid dienone is 16. The fourth-order valence-electron chi connectivity index (χ4n) is 10.3. The van der Waals surface area contributed by atoms with E-state index < -0.39 is 6.10 Å². The Hall–Kier alpha value is -3.67. The van der Waals surface area contributed by atoms with Gasteiger partial charge in [0.1, 0.15) is 13.2 Å². The van der Waals surface area contributed by atoms with Gasteiger partial charge in [-0.1, -0.05) is 349 Å². The van der Waals surface area contributed by atoms with Crippen LogP contribution in [0.3, 0.4) is 0 Å². The monoisotopic (exact) mass is 1160 g/mol. The first-order chi connectivity index (χ1) is 41.0. The van der Waals surface area contributed by atoms with Crippen molar-refractivity contribution in [2.24, 2.45) is 0 Å². The molecule has 6 nitrogen and oxygen atoms in total. The predicted octanol–water partition coefficient (Wildman–Crippen LogP) is 24.8. The summed E-state index contributed by atoms with van der Waals surface area (Å²) in [6.07, 6.45) is 95.7. The number of esters is 3. The van der Waals surface area contributed by atoms with E-state index in [2.05, 4.69) is 118 Å². The van der Waals surface area contributed by atoms with Crippen molar-refractivity contribution in [1.29, 1.82) is 0 Å². The van der Waals surface area contributed by atoms with Crippen LogP contribution in [0.2, 0.25) is 0 Å². The van der Waals surface area contributed by atoms with Crippen LogP contribution in [0.1, 0.15) is 355 Å². The van der Waals surface area contributed by atoms with Gasteiger partial charge in [-0.25, -0.2) is 0 Å². The summed E-state index contributed by atoms with van der Waals surface area (Å²) in [6.45, 7) is 6.57. The van der Waals surface area contributed by atoms with Gasteiger partial charge >= 0.3 is 17.9 Å². The summed E-state index contributed by atoms with van der Waals surface area (Å²) in [5.41, 5.74) is 0. The molecule has 0 saturated carbocycles. The highest BCUT2D eigenvalue weighted by atomic mass is 16.6. The number of hydrogen-bond acceptors (Lipinski definition) is 6. The Morgan fingerprint density at radius 1 is 0.253 bits per heavy atom. The fraction of sp³-hybridized carbons (Fsp3) is 0.753. The van der Waals surface area contributed by atoms with Crippen LogP contribution in [0.25, 0.3) is 0 Å². The molecule has 0 aromatic rings. The van der Waals surface area contributed by atoms with Gasteiger partial charge in [-0.05, 0) is 83.5 Å². The third-order valence-corrected chi connectivity index (χ3v) is 15.6. The van der Waals surface area contributed by atoms with E-state index in [1.165, 1.54) is 199 Å². The number of ether oxygens (including phenoxy) is 3. The van der Waals surface area contributed by atoms with E-state index in [9.17, 15) is 14.4 Å². The van der Waals surface area contributed by atoms with Gasteiger partial charge in [-0.15, -0.1) is 0 Å². The van der Waals surface area contributed by atoms with Crippen molar-refractivity contribution in [2.45, 2.75) is 361 Å². The highest BCUT2D eigenvalue weighted by Gasteiger charge is 2.19. The lowest BCUT2D eigenvalue weighted by Crippen LogP contribution is -2.30. The van der Waals surface area contributed by atoms with Crippen LogP contribution >= 0.6 is 0 Å². The smallest absolute Gasteiger partial charge is 0.306 e. The van der Waals surface area contributed by atoms with Crippen LogP contribution in [0.4, 0.5) is 0 Å². The maximum absolute atomic E-state index is 12.9. The maximum atomic E-state index is 12.9. The molecule has 83 heavy (non-hydrogen) atoms. The number of unbranched alkanes of at least 4 members (excludes halogenated alkanes) is 38. The van der Waals surface area contributed by atoms with Crippen molar-refractivity contribution in [3.05, 3.63) is 97.2 Å². The standard InChI is InChI=1S/C77H134O6/c1-4-7-10-13-16-19-22-25-27-29-31-32-33-34-35-36-37-38-39-40-41-42-43-44-46-47-49-52-55-58-61-64-67-70-76(79)82-73-74(72-81-75(78)69-66-63-60-57-54-51-24-21-18-15-12-9-6-3)83-77(80)71-68-65-62-59-56-53-50-48-45-30-28-26-23-20-17-14-11-8-5-2/h7,10,16,19,25,27,31-32,34-35,37-38,40-41,43-44,74H,4-6,8-9,11-15,17-18,20-24,26,28-30,33,36,39,42,45-73H2,1-3H3/b10-7-,19-16-,27-25-,32-31-,35-34-,38-37-,41-40-,44-43-. The van der Waals surface area contributed by atoms with Gasteiger partial charge in [0, 0.05) is 19.3 Å². The molecule has 0 radical (unpaired) electrons. The zero-order valence-corrected chi connectivity index (χ0v) is 54.9. The minimum absolute atomic E-state index is 0.0740. The zero-order chi connectivity index (χ0) is 59.9. The second-order valence-electron chi connectivity index (χ2n) is 23.8. The Morgan fingerprint density at radius 2 is 0.470 bits per heavy atom. The van der Waals surface area contributed by atoms with Crippen LogP contribution in [0.15, 0.2) is 97.2 Å². The van der Waals surface area contributed by atoms with E-state index in [0.29, 0.717) is 19.3 Å². The van der Waals surface area contributed by atoms with Gasteiger partial charge in [0.2, 0.25) is 0 Å². The Balaban J connectivity index is 4.26. The molecule has 0 N–H and O–H groups in total. The molecule has 0 rings (SSSR count). The minimum atomic E-state index is -0.778.